The van der Waals surface area contributed by atoms with Crippen molar-refractivity contribution in [1.82, 2.24) is 15.6 Å². The monoisotopic (exact) mass is 233 g/mol. The van der Waals surface area contributed by atoms with Gasteiger partial charge in [0, 0.05) is 12.4 Å². The minimum atomic E-state index is -0.0423. The summed E-state index contributed by atoms with van der Waals surface area (Å²) < 4.78 is 0. The summed E-state index contributed by atoms with van der Waals surface area (Å²) in [6.45, 7) is 5.04. The fourth-order valence-corrected chi connectivity index (χ4v) is 2.22. The van der Waals surface area contributed by atoms with Gasteiger partial charge in [0.15, 0.2) is 0 Å². The molecule has 1 aromatic rings. The number of pyridine rings is 1. The molecular formula is C13H19N3O. The van der Waals surface area contributed by atoms with Crippen LogP contribution in [-0.4, -0.2) is 23.5 Å². The third-order valence-electron chi connectivity index (χ3n) is 3.38. The minimum absolute atomic E-state index is 0.0279. The van der Waals surface area contributed by atoms with E-state index >= 15 is 0 Å². The Morgan fingerprint density at radius 2 is 2.24 bits per heavy atom. The Kier molecular flexibility index (Phi) is 3.74. The van der Waals surface area contributed by atoms with Crippen LogP contribution in [0.25, 0.3) is 0 Å². The summed E-state index contributed by atoms with van der Waals surface area (Å²) in [6.07, 6.45) is 4.56. The zero-order valence-corrected chi connectivity index (χ0v) is 10.3. The second-order valence-corrected chi connectivity index (χ2v) is 4.71. The summed E-state index contributed by atoms with van der Waals surface area (Å²) in [5, 5.41) is 6.28. The van der Waals surface area contributed by atoms with Gasteiger partial charge in [-0.3, -0.25) is 9.78 Å². The fourth-order valence-electron chi connectivity index (χ4n) is 2.22. The van der Waals surface area contributed by atoms with Crippen LogP contribution in [0.15, 0.2) is 24.5 Å². The normalized spacial score (nSPS) is 25.5. The number of hydrogen-bond donors (Lipinski definition) is 2. The van der Waals surface area contributed by atoms with Gasteiger partial charge in [0.05, 0.1) is 12.1 Å². The lowest BCUT2D eigenvalue weighted by atomic mass is 10.0. The van der Waals surface area contributed by atoms with Crippen molar-refractivity contribution in [1.29, 1.82) is 0 Å². The van der Waals surface area contributed by atoms with Gasteiger partial charge in [0.1, 0.15) is 0 Å². The lowest BCUT2D eigenvalue weighted by molar-refractivity contribution is -0.124. The smallest absolute Gasteiger partial charge is 0.237 e. The lowest BCUT2D eigenvalue weighted by Gasteiger charge is -2.19. The SMILES string of the molecule is CC(NC(=O)C1NCCC1C)c1ccncc1. The molecule has 2 N–H and O–H groups in total. The topological polar surface area (TPSA) is 54.0 Å². The van der Waals surface area contributed by atoms with Gasteiger partial charge in [-0.2, -0.15) is 0 Å². The van der Waals surface area contributed by atoms with Crippen LogP contribution in [0.3, 0.4) is 0 Å². The minimum Gasteiger partial charge on any atom is -0.348 e. The van der Waals surface area contributed by atoms with E-state index in [2.05, 4.69) is 22.5 Å². The number of amides is 1. The molecule has 92 valence electrons. The van der Waals surface area contributed by atoms with Crippen LogP contribution < -0.4 is 10.6 Å². The van der Waals surface area contributed by atoms with Gasteiger partial charge >= 0.3 is 0 Å². The predicted octanol–water partition coefficient (Wildman–Crippen LogP) is 1.26. The molecular weight excluding hydrogens is 214 g/mol. The van der Waals surface area contributed by atoms with Crippen LogP contribution in [0.5, 0.6) is 0 Å². The standard InChI is InChI=1S/C13H19N3O/c1-9-3-8-15-12(9)13(17)16-10(2)11-4-6-14-7-5-11/h4-7,9-10,12,15H,3,8H2,1-2H3,(H,16,17). The summed E-state index contributed by atoms with van der Waals surface area (Å²) >= 11 is 0. The molecule has 0 spiro atoms. The molecule has 0 bridgehead atoms. The van der Waals surface area contributed by atoms with E-state index in [1.165, 1.54) is 0 Å². The van der Waals surface area contributed by atoms with E-state index in [1.54, 1.807) is 12.4 Å². The van der Waals surface area contributed by atoms with Gasteiger partial charge in [-0.15, -0.1) is 0 Å². The van der Waals surface area contributed by atoms with E-state index in [4.69, 9.17) is 0 Å². The Morgan fingerprint density at radius 1 is 1.53 bits per heavy atom. The highest BCUT2D eigenvalue weighted by Gasteiger charge is 2.29. The number of nitrogens with one attached hydrogen (secondary N) is 2. The second kappa shape index (κ2) is 5.27. The molecule has 1 aliphatic rings. The molecule has 3 unspecified atom stereocenters. The molecule has 4 heteroatoms. The van der Waals surface area contributed by atoms with E-state index in [-0.39, 0.29) is 18.0 Å². The Morgan fingerprint density at radius 3 is 2.82 bits per heavy atom. The van der Waals surface area contributed by atoms with E-state index in [0.29, 0.717) is 5.92 Å². The zero-order valence-electron chi connectivity index (χ0n) is 10.3. The van der Waals surface area contributed by atoms with Gasteiger partial charge in [-0.25, -0.2) is 0 Å². The van der Waals surface area contributed by atoms with Gasteiger partial charge in [0.2, 0.25) is 5.91 Å². The van der Waals surface area contributed by atoms with Crippen LogP contribution in [0.4, 0.5) is 0 Å². The molecule has 0 saturated carbocycles. The summed E-state index contributed by atoms with van der Waals surface area (Å²) in [6, 6.07) is 3.84. The molecule has 2 rings (SSSR count). The molecule has 0 aliphatic carbocycles. The van der Waals surface area contributed by atoms with Crippen molar-refractivity contribution in [3.05, 3.63) is 30.1 Å². The fraction of sp³-hybridized carbons (Fsp3) is 0.538. The van der Waals surface area contributed by atoms with Crippen LogP contribution in [-0.2, 0) is 4.79 Å². The molecule has 1 saturated heterocycles. The summed E-state index contributed by atoms with van der Waals surface area (Å²) in [7, 11) is 0. The van der Waals surface area contributed by atoms with Crippen molar-refractivity contribution in [2.45, 2.75) is 32.4 Å². The number of aromatic nitrogens is 1. The quantitative estimate of drug-likeness (QED) is 0.826. The zero-order chi connectivity index (χ0) is 12.3. The highest BCUT2D eigenvalue weighted by atomic mass is 16.2. The first-order valence-corrected chi connectivity index (χ1v) is 6.12. The van der Waals surface area contributed by atoms with Gasteiger partial charge < -0.3 is 10.6 Å². The number of carbonyl (C=O) groups excluding carboxylic acids is 1. The molecule has 1 aromatic heterocycles. The first-order valence-electron chi connectivity index (χ1n) is 6.12. The first-order chi connectivity index (χ1) is 8.18. The molecule has 0 radical (unpaired) electrons. The Labute approximate surface area is 102 Å². The predicted molar refractivity (Wildman–Crippen MR) is 66.4 cm³/mol. The van der Waals surface area contributed by atoms with Crippen molar-refractivity contribution in [3.8, 4) is 0 Å². The highest BCUT2D eigenvalue weighted by molar-refractivity contribution is 5.82. The molecule has 17 heavy (non-hydrogen) atoms. The summed E-state index contributed by atoms with van der Waals surface area (Å²) in [4.78, 5) is 16.0. The van der Waals surface area contributed by atoms with Gasteiger partial charge in [0.25, 0.3) is 0 Å². The second-order valence-electron chi connectivity index (χ2n) is 4.71. The number of hydrogen-bond acceptors (Lipinski definition) is 3. The van der Waals surface area contributed by atoms with Crippen LogP contribution >= 0.6 is 0 Å². The average molecular weight is 233 g/mol. The van der Waals surface area contributed by atoms with Crippen molar-refractivity contribution in [2.24, 2.45) is 5.92 Å². The maximum atomic E-state index is 12.1. The number of nitrogens with zero attached hydrogens (tertiary/aromatic N) is 1. The molecule has 3 atom stereocenters. The van der Waals surface area contributed by atoms with Gasteiger partial charge in [-0.1, -0.05) is 6.92 Å². The summed E-state index contributed by atoms with van der Waals surface area (Å²) in [5.41, 5.74) is 1.08. The van der Waals surface area contributed by atoms with E-state index < -0.39 is 0 Å². The number of rotatable bonds is 3. The third kappa shape index (κ3) is 2.82. The van der Waals surface area contributed by atoms with Crippen molar-refractivity contribution >= 4 is 5.91 Å². The third-order valence-corrected chi connectivity index (χ3v) is 3.38. The lowest BCUT2D eigenvalue weighted by Crippen LogP contribution is -2.44. The van der Waals surface area contributed by atoms with Crippen molar-refractivity contribution in [3.63, 3.8) is 0 Å². The maximum Gasteiger partial charge on any atom is 0.237 e. The maximum absolute atomic E-state index is 12.1. The largest absolute Gasteiger partial charge is 0.348 e. The molecule has 2 heterocycles. The van der Waals surface area contributed by atoms with E-state index in [0.717, 1.165) is 18.5 Å². The Balaban J connectivity index is 1.95. The van der Waals surface area contributed by atoms with Crippen LogP contribution in [0.1, 0.15) is 31.9 Å². The van der Waals surface area contributed by atoms with Gasteiger partial charge in [-0.05, 0) is 43.5 Å². The van der Waals surface area contributed by atoms with E-state index in [9.17, 15) is 4.79 Å². The molecule has 1 fully saturated rings. The van der Waals surface area contributed by atoms with E-state index in [1.807, 2.05) is 19.1 Å². The average Bonchev–Trinajstić information content (AvgIpc) is 2.76. The molecule has 4 nitrogen and oxygen atoms in total. The number of carbonyl (C=O) groups is 1. The highest BCUT2D eigenvalue weighted by Crippen LogP contribution is 2.16. The molecule has 0 aromatic carbocycles. The van der Waals surface area contributed by atoms with Crippen LogP contribution in [0.2, 0.25) is 0 Å². The first kappa shape index (κ1) is 12.0. The molecule has 1 amide bonds. The van der Waals surface area contributed by atoms with Crippen molar-refractivity contribution in [2.75, 3.05) is 6.54 Å². The van der Waals surface area contributed by atoms with Crippen LogP contribution in [0, 0.1) is 5.92 Å². The van der Waals surface area contributed by atoms with Crippen molar-refractivity contribution < 1.29 is 4.79 Å². The molecule has 1 aliphatic heterocycles. The Hall–Kier alpha value is -1.42. The summed E-state index contributed by atoms with van der Waals surface area (Å²) in [5.74, 6) is 0.513. The Bertz CT molecular complexity index is 380.